The Morgan fingerprint density at radius 3 is 2.69 bits per heavy atom. The lowest BCUT2D eigenvalue weighted by atomic mass is 10.1. The molecule has 4 heteroatoms. The lowest BCUT2D eigenvalue weighted by Crippen LogP contribution is -2.37. The van der Waals surface area contributed by atoms with Gasteiger partial charge in [0.2, 0.25) is 0 Å². The van der Waals surface area contributed by atoms with Gasteiger partial charge in [0, 0.05) is 33.9 Å². The second kappa shape index (κ2) is 6.15. The van der Waals surface area contributed by atoms with Crippen LogP contribution in [-0.4, -0.2) is 18.8 Å². The van der Waals surface area contributed by atoms with Crippen LogP contribution in [0.3, 0.4) is 0 Å². The highest BCUT2D eigenvalue weighted by molar-refractivity contribution is 9.10. The van der Waals surface area contributed by atoms with Gasteiger partial charge < -0.3 is 10.1 Å². The molecule has 0 aromatic carbocycles. The fourth-order valence-electron chi connectivity index (χ4n) is 1.53. The third-order valence-corrected chi connectivity index (χ3v) is 4.43. The minimum absolute atomic E-state index is 0.0850. The second-order valence-corrected chi connectivity index (χ2v) is 6.61. The standard InChI is InChI=1S/C12H20BrNOS/c1-5-15-12(3,4)8-14-7-10-6-11(13)9(2)16-10/h6,14H,5,7-8H2,1-4H3. The number of aryl methyl sites for hydroxylation is 1. The predicted octanol–water partition coefficient (Wildman–Crippen LogP) is 3.72. The van der Waals surface area contributed by atoms with E-state index in [1.807, 2.05) is 18.3 Å². The molecule has 0 aliphatic carbocycles. The van der Waals surface area contributed by atoms with Gasteiger partial charge in [-0.25, -0.2) is 0 Å². The van der Waals surface area contributed by atoms with Crippen molar-refractivity contribution in [1.29, 1.82) is 0 Å². The van der Waals surface area contributed by atoms with Gasteiger partial charge in [0.1, 0.15) is 0 Å². The van der Waals surface area contributed by atoms with Gasteiger partial charge in [-0.05, 0) is 49.7 Å². The Balaban J connectivity index is 2.35. The predicted molar refractivity (Wildman–Crippen MR) is 74.2 cm³/mol. The number of rotatable bonds is 6. The molecule has 1 aromatic rings. The quantitative estimate of drug-likeness (QED) is 0.865. The van der Waals surface area contributed by atoms with Crippen LogP contribution in [-0.2, 0) is 11.3 Å². The molecule has 1 heterocycles. The number of ether oxygens (including phenoxy) is 1. The highest BCUT2D eigenvalue weighted by Gasteiger charge is 2.16. The summed E-state index contributed by atoms with van der Waals surface area (Å²) in [6.45, 7) is 10.9. The highest BCUT2D eigenvalue weighted by Crippen LogP contribution is 2.26. The molecule has 1 rings (SSSR count). The van der Waals surface area contributed by atoms with Crippen LogP contribution in [0.25, 0.3) is 0 Å². The summed E-state index contributed by atoms with van der Waals surface area (Å²) >= 11 is 5.36. The summed E-state index contributed by atoms with van der Waals surface area (Å²) in [4.78, 5) is 2.69. The van der Waals surface area contributed by atoms with Crippen molar-refractivity contribution in [3.05, 3.63) is 20.3 Å². The molecular formula is C12H20BrNOS. The first-order chi connectivity index (χ1) is 7.44. The summed E-state index contributed by atoms with van der Waals surface area (Å²) in [5.74, 6) is 0. The molecule has 0 saturated carbocycles. The molecule has 0 saturated heterocycles. The van der Waals surface area contributed by atoms with Crippen LogP contribution in [0.2, 0.25) is 0 Å². The van der Waals surface area contributed by atoms with Gasteiger partial charge in [0.15, 0.2) is 0 Å². The Hall–Kier alpha value is 0.1000. The topological polar surface area (TPSA) is 21.3 Å². The monoisotopic (exact) mass is 305 g/mol. The van der Waals surface area contributed by atoms with Gasteiger partial charge in [-0.2, -0.15) is 0 Å². The van der Waals surface area contributed by atoms with Crippen molar-refractivity contribution in [3.63, 3.8) is 0 Å². The molecule has 0 aliphatic heterocycles. The zero-order valence-electron chi connectivity index (χ0n) is 10.4. The number of nitrogens with one attached hydrogen (secondary N) is 1. The van der Waals surface area contributed by atoms with Crippen molar-refractivity contribution >= 4 is 27.3 Å². The molecule has 1 aromatic heterocycles. The normalized spacial score (nSPS) is 12.1. The first kappa shape index (κ1) is 14.2. The van der Waals surface area contributed by atoms with Crippen LogP contribution in [0.1, 0.15) is 30.5 Å². The maximum absolute atomic E-state index is 5.63. The lowest BCUT2D eigenvalue weighted by molar-refractivity contribution is -0.00893. The molecule has 0 bridgehead atoms. The van der Waals surface area contributed by atoms with Gasteiger partial charge in [0.25, 0.3) is 0 Å². The van der Waals surface area contributed by atoms with Crippen LogP contribution in [0, 0.1) is 6.92 Å². The minimum Gasteiger partial charge on any atom is -0.375 e. The molecule has 0 spiro atoms. The summed E-state index contributed by atoms with van der Waals surface area (Å²) in [5.41, 5.74) is -0.0850. The third kappa shape index (κ3) is 4.53. The Morgan fingerprint density at radius 1 is 1.50 bits per heavy atom. The Labute approximate surface area is 111 Å². The number of halogens is 1. The molecule has 92 valence electrons. The molecule has 0 amide bonds. The summed E-state index contributed by atoms with van der Waals surface area (Å²) in [6.07, 6.45) is 0. The Morgan fingerprint density at radius 2 is 2.19 bits per heavy atom. The van der Waals surface area contributed by atoms with Crippen LogP contribution < -0.4 is 5.32 Å². The number of hydrogen-bond donors (Lipinski definition) is 1. The van der Waals surface area contributed by atoms with Crippen LogP contribution in [0.5, 0.6) is 0 Å². The zero-order valence-corrected chi connectivity index (χ0v) is 12.8. The smallest absolute Gasteiger partial charge is 0.0750 e. The van der Waals surface area contributed by atoms with E-state index in [9.17, 15) is 0 Å². The van der Waals surface area contributed by atoms with Gasteiger partial charge in [-0.3, -0.25) is 0 Å². The Kier molecular flexibility index (Phi) is 5.44. The first-order valence-corrected chi connectivity index (χ1v) is 7.15. The number of thiophene rings is 1. The van der Waals surface area contributed by atoms with Gasteiger partial charge >= 0.3 is 0 Å². The van der Waals surface area contributed by atoms with E-state index in [0.29, 0.717) is 0 Å². The third-order valence-electron chi connectivity index (χ3n) is 2.29. The summed E-state index contributed by atoms with van der Waals surface area (Å²) in [6, 6.07) is 2.18. The van der Waals surface area contributed by atoms with Crippen molar-refractivity contribution in [2.75, 3.05) is 13.2 Å². The molecule has 2 nitrogen and oxygen atoms in total. The molecule has 0 unspecified atom stereocenters. The van der Waals surface area contributed by atoms with E-state index in [4.69, 9.17) is 4.74 Å². The van der Waals surface area contributed by atoms with E-state index in [-0.39, 0.29) is 5.60 Å². The van der Waals surface area contributed by atoms with Crippen LogP contribution in [0.15, 0.2) is 10.5 Å². The molecule has 0 atom stereocenters. The zero-order chi connectivity index (χ0) is 12.2. The summed E-state index contributed by atoms with van der Waals surface area (Å²) in [5, 5.41) is 3.43. The Bertz CT molecular complexity index is 316. The fraction of sp³-hybridized carbons (Fsp3) is 0.667. The maximum atomic E-state index is 5.63. The van der Waals surface area contributed by atoms with E-state index < -0.39 is 0 Å². The second-order valence-electron chi connectivity index (χ2n) is 4.41. The SMILES string of the molecule is CCOC(C)(C)CNCc1cc(Br)c(C)s1. The molecule has 0 aliphatic rings. The summed E-state index contributed by atoms with van der Waals surface area (Å²) < 4.78 is 6.83. The molecule has 0 radical (unpaired) electrons. The van der Waals surface area contributed by atoms with Crippen LogP contribution in [0.4, 0.5) is 0 Å². The molecular weight excluding hydrogens is 286 g/mol. The molecule has 1 N–H and O–H groups in total. The van der Waals surface area contributed by atoms with Gasteiger partial charge in [-0.1, -0.05) is 0 Å². The largest absolute Gasteiger partial charge is 0.375 e. The number of hydrogen-bond acceptors (Lipinski definition) is 3. The van der Waals surface area contributed by atoms with E-state index in [1.54, 1.807) is 0 Å². The van der Waals surface area contributed by atoms with Crippen molar-refractivity contribution < 1.29 is 4.74 Å². The van der Waals surface area contributed by atoms with E-state index in [1.165, 1.54) is 14.2 Å². The van der Waals surface area contributed by atoms with Crippen molar-refractivity contribution in [2.24, 2.45) is 0 Å². The molecule has 16 heavy (non-hydrogen) atoms. The first-order valence-electron chi connectivity index (χ1n) is 5.54. The van der Waals surface area contributed by atoms with Gasteiger partial charge in [-0.15, -0.1) is 11.3 Å². The van der Waals surface area contributed by atoms with E-state index in [2.05, 4.69) is 48.1 Å². The van der Waals surface area contributed by atoms with Crippen molar-refractivity contribution in [1.82, 2.24) is 5.32 Å². The lowest BCUT2D eigenvalue weighted by Gasteiger charge is -2.24. The minimum atomic E-state index is -0.0850. The summed E-state index contributed by atoms with van der Waals surface area (Å²) in [7, 11) is 0. The van der Waals surface area contributed by atoms with E-state index in [0.717, 1.165) is 19.7 Å². The van der Waals surface area contributed by atoms with Gasteiger partial charge in [0.05, 0.1) is 5.60 Å². The highest BCUT2D eigenvalue weighted by atomic mass is 79.9. The maximum Gasteiger partial charge on any atom is 0.0750 e. The van der Waals surface area contributed by atoms with E-state index >= 15 is 0 Å². The molecule has 0 fully saturated rings. The fourth-order valence-corrected chi connectivity index (χ4v) is 3.10. The average molecular weight is 306 g/mol. The van der Waals surface area contributed by atoms with Crippen LogP contribution >= 0.6 is 27.3 Å². The van der Waals surface area contributed by atoms with Crippen molar-refractivity contribution in [3.8, 4) is 0 Å². The van der Waals surface area contributed by atoms with Crippen molar-refractivity contribution in [2.45, 2.75) is 39.8 Å². The average Bonchev–Trinajstić information content (AvgIpc) is 2.45.